The van der Waals surface area contributed by atoms with Crippen molar-refractivity contribution in [3.8, 4) is 0 Å². The van der Waals surface area contributed by atoms with Gasteiger partial charge in [-0.05, 0) is 69.2 Å². The molecule has 1 N–H and O–H groups in total. The smallest absolute Gasteiger partial charge is 0.0136 e. The van der Waals surface area contributed by atoms with Gasteiger partial charge in [0.15, 0.2) is 0 Å². The molecule has 1 aliphatic rings. The van der Waals surface area contributed by atoms with E-state index in [9.17, 15) is 0 Å². The molecule has 1 saturated carbocycles. The molecule has 17 heavy (non-hydrogen) atoms. The summed E-state index contributed by atoms with van der Waals surface area (Å²) in [6.07, 6.45) is 2.58. The Bertz CT molecular complexity index is 385. The predicted octanol–water partition coefficient (Wildman–Crippen LogP) is 3.40. The number of aryl methyl sites for hydroxylation is 3. The summed E-state index contributed by atoms with van der Waals surface area (Å²) in [4.78, 5) is 0. The summed E-state index contributed by atoms with van der Waals surface area (Å²) in [6, 6.07) is 5.28. The van der Waals surface area contributed by atoms with E-state index in [1.807, 2.05) is 0 Å². The van der Waals surface area contributed by atoms with E-state index in [1.54, 1.807) is 5.56 Å². The van der Waals surface area contributed by atoms with Crippen molar-refractivity contribution in [2.24, 2.45) is 11.8 Å². The van der Waals surface area contributed by atoms with Gasteiger partial charge >= 0.3 is 0 Å². The fourth-order valence-electron chi connectivity index (χ4n) is 3.13. The molecule has 3 atom stereocenters. The third kappa shape index (κ3) is 2.71. The molecule has 0 radical (unpaired) electrons. The number of nitrogens with one attached hydrogen (secondary N) is 1. The van der Waals surface area contributed by atoms with Crippen molar-refractivity contribution in [1.29, 1.82) is 0 Å². The highest BCUT2D eigenvalue weighted by molar-refractivity contribution is 5.38. The highest BCUT2D eigenvalue weighted by Gasteiger charge is 2.38. The van der Waals surface area contributed by atoms with Crippen LogP contribution in [0.3, 0.4) is 0 Å². The summed E-state index contributed by atoms with van der Waals surface area (Å²) in [7, 11) is 2.11. The van der Waals surface area contributed by atoms with Crippen LogP contribution < -0.4 is 5.32 Å². The number of hydrogen-bond acceptors (Lipinski definition) is 1. The van der Waals surface area contributed by atoms with Crippen molar-refractivity contribution in [3.63, 3.8) is 0 Å². The zero-order valence-electron chi connectivity index (χ0n) is 11.8. The van der Waals surface area contributed by atoms with Crippen molar-refractivity contribution >= 4 is 0 Å². The largest absolute Gasteiger partial charge is 0.316 e. The molecular formula is C16H25N. The molecule has 1 heteroatoms. The van der Waals surface area contributed by atoms with Gasteiger partial charge in [-0.25, -0.2) is 0 Å². The van der Waals surface area contributed by atoms with Crippen molar-refractivity contribution in [1.82, 2.24) is 5.32 Å². The molecule has 0 bridgehead atoms. The average Bonchev–Trinajstić information content (AvgIpc) is 2.94. The highest BCUT2D eigenvalue weighted by Crippen LogP contribution is 2.41. The van der Waals surface area contributed by atoms with Gasteiger partial charge in [-0.15, -0.1) is 0 Å². The van der Waals surface area contributed by atoms with E-state index in [0.29, 0.717) is 6.04 Å². The molecule has 1 aromatic rings. The Morgan fingerprint density at radius 2 is 1.76 bits per heavy atom. The van der Waals surface area contributed by atoms with Crippen LogP contribution in [0.4, 0.5) is 0 Å². The summed E-state index contributed by atoms with van der Waals surface area (Å²) in [5.74, 6) is 1.80. The Morgan fingerprint density at radius 3 is 2.18 bits per heavy atom. The Hall–Kier alpha value is -0.820. The van der Waals surface area contributed by atoms with Crippen LogP contribution in [0.25, 0.3) is 0 Å². The third-order valence-electron chi connectivity index (χ3n) is 4.32. The fourth-order valence-corrected chi connectivity index (χ4v) is 3.13. The zero-order chi connectivity index (χ0) is 12.6. The van der Waals surface area contributed by atoms with Gasteiger partial charge in [0.25, 0.3) is 0 Å². The van der Waals surface area contributed by atoms with Crippen LogP contribution >= 0.6 is 0 Å². The van der Waals surface area contributed by atoms with Gasteiger partial charge in [0.05, 0.1) is 0 Å². The van der Waals surface area contributed by atoms with E-state index in [1.165, 1.54) is 29.5 Å². The quantitative estimate of drug-likeness (QED) is 0.837. The fraction of sp³-hybridized carbons (Fsp3) is 0.625. The van der Waals surface area contributed by atoms with Gasteiger partial charge in [-0.1, -0.05) is 24.6 Å². The van der Waals surface area contributed by atoms with E-state index in [2.05, 4.69) is 52.2 Å². The monoisotopic (exact) mass is 231 g/mol. The number of hydrogen-bond donors (Lipinski definition) is 1. The molecule has 0 aromatic heterocycles. The minimum absolute atomic E-state index is 0.658. The molecule has 94 valence electrons. The van der Waals surface area contributed by atoms with Crippen molar-refractivity contribution in [3.05, 3.63) is 34.4 Å². The van der Waals surface area contributed by atoms with Gasteiger partial charge in [0, 0.05) is 6.04 Å². The van der Waals surface area contributed by atoms with Crippen molar-refractivity contribution in [2.75, 3.05) is 7.05 Å². The molecule has 1 fully saturated rings. The predicted molar refractivity (Wildman–Crippen MR) is 74.5 cm³/mol. The molecule has 1 aromatic carbocycles. The second kappa shape index (κ2) is 4.81. The normalized spacial score (nSPS) is 24.8. The van der Waals surface area contributed by atoms with E-state index in [0.717, 1.165) is 11.8 Å². The Morgan fingerprint density at radius 1 is 1.24 bits per heavy atom. The zero-order valence-corrected chi connectivity index (χ0v) is 11.8. The summed E-state index contributed by atoms with van der Waals surface area (Å²) in [6.45, 7) is 9.04. The summed E-state index contributed by atoms with van der Waals surface area (Å²) >= 11 is 0. The molecule has 1 nitrogen and oxygen atoms in total. The van der Waals surface area contributed by atoms with E-state index < -0.39 is 0 Å². The van der Waals surface area contributed by atoms with Crippen LogP contribution in [-0.2, 0) is 6.42 Å². The first-order valence-electron chi connectivity index (χ1n) is 6.77. The van der Waals surface area contributed by atoms with E-state index in [-0.39, 0.29) is 0 Å². The Balaban J connectivity index is 2.17. The maximum Gasteiger partial charge on any atom is 0.0136 e. The molecular weight excluding hydrogens is 206 g/mol. The van der Waals surface area contributed by atoms with Crippen LogP contribution in [0, 0.1) is 32.6 Å². The Labute approximate surface area is 106 Å². The summed E-state index contributed by atoms with van der Waals surface area (Å²) in [5.41, 5.74) is 5.84. The molecule has 1 aliphatic carbocycles. The minimum atomic E-state index is 0.658. The summed E-state index contributed by atoms with van der Waals surface area (Å²) < 4.78 is 0. The van der Waals surface area contributed by atoms with Crippen LogP contribution in [0.15, 0.2) is 12.1 Å². The maximum atomic E-state index is 3.51. The highest BCUT2D eigenvalue weighted by atomic mass is 14.9. The maximum absolute atomic E-state index is 3.51. The lowest BCUT2D eigenvalue weighted by atomic mass is 9.92. The van der Waals surface area contributed by atoms with Crippen LogP contribution in [0.2, 0.25) is 0 Å². The SMILES string of the molecule is CNC(Cc1c(C)cc(C)cc1C)C1CC1C. The lowest BCUT2D eigenvalue weighted by molar-refractivity contribution is 0.478. The van der Waals surface area contributed by atoms with E-state index in [4.69, 9.17) is 0 Å². The molecule has 2 rings (SSSR count). The van der Waals surface area contributed by atoms with Crippen molar-refractivity contribution < 1.29 is 0 Å². The molecule has 0 amide bonds. The number of benzene rings is 1. The third-order valence-corrected chi connectivity index (χ3v) is 4.32. The Kier molecular flexibility index (Phi) is 3.58. The van der Waals surface area contributed by atoms with Crippen LogP contribution in [0.1, 0.15) is 35.6 Å². The number of rotatable bonds is 4. The topological polar surface area (TPSA) is 12.0 Å². The molecule has 0 aliphatic heterocycles. The average molecular weight is 231 g/mol. The number of likely N-dealkylation sites (N-methyl/N-ethyl adjacent to an activating group) is 1. The van der Waals surface area contributed by atoms with E-state index >= 15 is 0 Å². The van der Waals surface area contributed by atoms with Gasteiger partial charge < -0.3 is 5.32 Å². The van der Waals surface area contributed by atoms with Gasteiger partial charge in [-0.2, -0.15) is 0 Å². The van der Waals surface area contributed by atoms with Crippen LogP contribution in [-0.4, -0.2) is 13.1 Å². The standard InChI is InChI=1S/C16H25N/c1-10-6-11(2)14(12(3)7-10)9-16(17-5)15-8-13(15)4/h6-7,13,15-17H,8-9H2,1-5H3. The first-order valence-corrected chi connectivity index (χ1v) is 6.77. The molecule has 0 spiro atoms. The summed E-state index contributed by atoms with van der Waals surface area (Å²) in [5, 5.41) is 3.51. The lowest BCUT2D eigenvalue weighted by Gasteiger charge is -2.19. The molecule has 0 saturated heterocycles. The van der Waals surface area contributed by atoms with Gasteiger partial charge in [0.1, 0.15) is 0 Å². The first kappa shape index (κ1) is 12.6. The van der Waals surface area contributed by atoms with Gasteiger partial charge in [-0.3, -0.25) is 0 Å². The second-order valence-corrected chi connectivity index (χ2v) is 5.85. The molecule has 0 heterocycles. The minimum Gasteiger partial charge on any atom is -0.316 e. The lowest BCUT2D eigenvalue weighted by Crippen LogP contribution is -2.31. The van der Waals surface area contributed by atoms with Crippen LogP contribution in [0.5, 0.6) is 0 Å². The van der Waals surface area contributed by atoms with Gasteiger partial charge in [0.2, 0.25) is 0 Å². The first-order chi connectivity index (χ1) is 8.02. The van der Waals surface area contributed by atoms with Crippen molar-refractivity contribution in [2.45, 2.75) is 46.6 Å². The molecule has 3 unspecified atom stereocenters. The second-order valence-electron chi connectivity index (χ2n) is 5.85.